The van der Waals surface area contributed by atoms with Crippen LogP contribution < -0.4 is 0 Å². The molecule has 0 aliphatic rings. The fraction of sp³-hybridized carbons (Fsp3) is 0.933. The number of thioether (sulfide) groups is 1. The number of halogens is 2. The molecule has 0 aliphatic carbocycles. The van der Waals surface area contributed by atoms with Crippen molar-refractivity contribution in [2.24, 2.45) is 0 Å². The molecule has 20 heavy (non-hydrogen) atoms. The Morgan fingerprint density at radius 1 is 1.20 bits per heavy atom. The fourth-order valence-corrected chi connectivity index (χ4v) is 2.86. The lowest BCUT2D eigenvalue weighted by molar-refractivity contribution is -0.143. The predicted octanol–water partition coefficient (Wildman–Crippen LogP) is 5.06. The first-order valence-corrected chi connectivity index (χ1v) is 8.65. The van der Waals surface area contributed by atoms with Crippen molar-refractivity contribution in [3.8, 4) is 0 Å². The zero-order valence-electron chi connectivity index (χ0n) is 12.9. The second kappa shape index (κ2) is 11.4. The molecule has 0 aromatic heterocycles. The monoisotopic (exact) mass is 310 g/mol. The van der Waals surface area contributed by atoms with Gasteiger partial charge in [-0.2, -0.15) is 11.8 Å². The highest BCUT2D eigenvalue weighted by molar-refractivity contribution is 7.99. The maximum Gasteiger partial charge on any atom is 0.305 e. The second-order valence-electron chi connectivity index (χ2n) is 5.04. The lowest BCUT2D eigenvalue weighted by Crippen LogP contribution is -2.17. The van der Waals surface area contributed by atoms with Crippen LogP contribution in [0.15, 0.2) is 0 Å². The first-order valence-electron chi connectivity index (χ1n) is 7.60. The number of carbonyl (C=O) groups is 1. The van der Waals surface area contributed by atoms with E-state index in [0.29, 0.717) is 31.6 Å². The van der Waals surface area contributed by atoms with E-state index >= 15 is 0 Å². The van der Waals surface area contributed by atoms with Gasteiger partial charge in [0.25, 0.3) is 0 Å². The van der Waals surface area contributed by atoms with E-state index in [1.807, 2.05) is 13.8 Å². The lowest BCUT2D eigenvalue weighted by Gasteiger charge is -2.17. The Morgan fingerprint density at radius 3 is 2.45 bits per heavy atom. The highest BCUT2D eigenvalue weighted by Gasteiger charge is 2.26. The molecule has 0 bridgehead atoms. The van der Waals surface area contributed by atoms with Crippen LogP contribution in [0.2, 0.25) is 0 Å². The molecule has 2 nitrogen and oxygen atoms in total. The maximum absolute atomic E-state index is 13.3. The summed E-state index contributed by atoms with van der Waals surface area (Å²) in [6, 6.07) is 0. The molecule has 0 saturated carbocycles. The van der Waals surface area contributed by atoms with Gasteiger partial charge in [0, 0.05) is 24.5 Å². The van der Waals surface area contributed by atoms with Crippen LogP contribution in [0.4, 0.5) is 8.78 Å². The lowest BCUT2D eigenvalue weighted by atomic mass is 10.1. The van der Waals surface area contributed by atoms with Crippen LogP contribution in [-0.2, 0) is 9.53 Å². The molecule has 0 fully saturated rings. The van der Waals surface area contributed by atoms with Crippen LogP contribution in [0.1, 0.15) is 65.7 Å². The number of esters is 1. The molecule has 0 radical (unpaired) electrons. The van der Waals surface area contributed by atoms with Crippen LogP contribution in [-0.4, -0.2) is 29.5 Å². The van der Waals surface area contributed by atoms with E-state index in [1.165, 1.54) is 0 Å². The third-order valence-electron chi connectivity index (χ3n) is 3.00. The molecule has 0 heterocycles. The van der Waals surface area contributed by atoms with Crippen molar-refractivity contribution in [2.45, 2.75) is 76.9 Å². The number of alkyl halides is 2. The van der Waals surface area contributed by atoms with Gasteiger partial charge in [0.2, 0.25) is 5.92 Å². The largest absolute Gasteiger partial charge is 0.464 e. The zero-order valence-corrected chi connectivity index (χ0v) is 13.7. The fourth-order valence-electron chi connectivity index (χ4n) is 1.82. The van der Waals surface area contributed by atoms with Crippen molar-refractivity contribution in [3.05, 3.63) is 0 Å². The molecule has 1 atom stereocenters. The normalized spacial score (nSPS) is 13.2. The second-order valence-corrected chi connectivity index (χ2v) is 6.45. The summed E-state index contributed by atoms with van der Waals surface area (Å²) in [6.45, 7) is 6.13. The molecule has 5 heteroatoms. The SMILES string of the molecule is CCCC(=O)OCC(CC)SCCCC(F)(F)CCC. The molecule has 0 saturated heterocycles. The summed E-state index contributed by atoms with van der Waals surface area (Å²) < 4.78 is 31.7. The van der Waals surface area contributed by atoms with Crippen LogP contribution in [0.25, 0.3) is 0 Å². The maximum atomic E-state index is 13.3. The number of hydrogen-bond acceptors (Lipinski definition) is 3. The molecular weight excluding hydrogens is 282 g/mol. The Morgan fingerprint density at radius 2 is 1.90 bits per heavy atom. The van der Waals surface area contributed by atoms with Gasteiger partial charge in [0.15, 0.2) is 0 Å². The molecule has 0 N–H and O–H groups in total. The van der Waals surface area contributed by atoms with E-state index in [0.717, 1.165) is 12.8 Å². The van der Waals surface area contributed by atoms with Gasteiger partial charge in [0.1, 0.15) is 6.61 Å². The minimum absolute atomic E-state index is 0.0243. The molecule has 0 aromatic rings. The smallest absolute Gasteiger partial charge is 0.305 e. The van der Waals surface area contributed by atoms with E-state index in [2.05, 4.69) is 0 Å². The number of ether oxygens (including phenoxy) is 1. The molecule has 0 aliphatic heterocycles. The van der Waals surface area contributed by atoms with E-state index in [1.54, 1.807) is 18.7 Å². The number of hydrogen-bond donors (Lipinski definition) is 0. The van der Waals surface area contributed by atoms with Crippen molar-refractivity contribution < 1.29 is 18.3 Å². The molecule has 0 aromatic carbocycles. The zero-order chi connectivity index (χ0) is 15.4. The summed E-state index contributed by atoms with van der Waals surface area (Å²) >= 11 is 1.63. The van der Waals surface area contributed by atoms with Crippen molar-refractivity contribution in [2.75, 3.05) is 12.4 Å². The summed E-state index contributed by atoms with van der Waals surface area (Å²) in [6.07, 6.45) is 3.08. The summed E-state index contributed by atoms with van der Waals surface area (Å²) in [7, 11) is 0. The van der Waals surface area contributed by atoms with Crippen LogP contribution in [0, 0.1) is 0 Å². The Bertz CT molecular complexity index is 260. The van der Waals surface area contributed by atoms with Crippen molar-refractivity contribution in [3.63, 3.8) is 0 Å². The van der Waals surface area contributed by atoms with Gasteiger partial charge in [-0.25, -0.2) is 8.78 Å². The summed E-state index contributed by atoms with van der Waals surface area (Å²) in [5.74, 6) is -1.99. The average molecular weight is 310 g/mol. The van der Waals surface area contributed by atoms with Crippen LogP contribution in [0.3, 0.4) is 0 Å². The van der Waals surface area contributed by atoms with E-state index < -0.39 is 5.92 Å². The highest BCUT2D eigenvalue weighted by Crippen LogP contribution is 2.27. The summed E-state index contributed by atoms with van der Waals surface area (Å²) in [5, 5.41) is 0.218. The van der Waals surface area contributed by atoms with Crippen molar-refractivity contribution >= 4 is 17.7 Å². The number of carbonyl (C=O) groups excluding carboxylic acids is 1. The van der Waals surface area contributed by atoms with Gasteiger partial charge in [-0.3, -0.25) is 4.79 Å². The standard InChI is InChI=1S/C15H28F2O2S/c1-4-8-14(18)19-12-13(6-3)20-11-7-10-15(16,17)9-5-2/h13H,4-12H2,1-3H3. The average Bonchev–Trinajstić information content (AvgIpc) is 2.38. The minimum Gasteiger partial charge on any atom is -0.464 e. The molecule has 0 spiro atoms. The van der Waals surface area contributed by atoms with E-state index in [-0.39, 0.29) is 24.1 Å². The van der Waals surface area contributed by atoms with Gasteiger partial charge in [0.05, 0.1) is 0 Å². The van der Waals surface area contributed by atoms with Gasteiger partial charge < -0.3 is 4.74 Å². The van der Waals surface area contributed by atoms with Gasteiger partial charge in [-0.15, -0.1) is 0 Å². The third-order valence-corrected chi connectivity index (χ3v) is 4.46. The topological polar surface area (TPSA) is 26.3 Å². The van der Waals surface area contributed by atoms with Gasteiger partial charge in [-0.05, 0) is 25.0 Å². The van der Waals surface area contributed by atoms with E-state index in [9.17, 15) is 13.6 Å². The summed E-state index contributed by atoms with van der Waals surface area (Å²) in [5.41, 5.74) is 0. The third kappa shape index (κ3) is 10.5. The molecule has 0 rings (SSSR count). The molecule has 1 unspecified atom stereocenters. The van der Waals surface area contributed by atoms with Crippen LogP contribution in [0.5, 0.6) is 0 Å². The van der Waals surface area contributed by atoms with Crippen molar-refractivity contribution in [1.82, 2.24) is 0 Å². The Hall–Kier alpha value is -0.320. The number of rotatable bonds is 12. The molecule has 120 valence electrons. The quantitative estimate of drug-likeness (QED) is 0.372. The predicted molar refractivity (Wildman–Crippen MR) is 81.5 cm³/mol. The van der Waals surface area contributed by atoms with Gasteiger partial charge in [-0.1, -0.05) is 27.2 Å². The van der Waals surface area contributed by atoms with Gasteiger partial charge >= 0.3 is 5.97 Å². The molecular formula is C15H28F2O2S. The minimum atomic E-state index is -2.52. The Labute approximate surface area is 126 Å². The first kappa shape index (κ1) is 19.7. The highest BCUT2D eigenvalue weighted by atomic mass is 32.2. The Kier molecular flexibility index (Phi) is 11.2. The van der Waals surface area contributed by atoms with Crippen molar-refractivity contribution in [1.29, 1.82) is 0 Å². The van der Waals surface area contributed by atoms with E-state index in [4.69, 9.17) is 4.74 Å². The van der Waals surface area contributed by atoms with Crippen LogP contribution >= 0.6 is 11.8 Å². The molecule has 0 amide bonds. The first-order chi connectivity index (χ1) is 9.45. The summed E-state index contributed by atoms with van der Waals surface area (Å²) in [4.78, 5) is 11.3. The Balaban J connectivity index is 3.77.